The summed E-state index contributed by atoms with van der Waals surface area (Å²) in [5, 5.41) is 10.5. The lowest BCUT2D eigenvalue weighted by Gasteiger charge is -2.21. The minimum absolute atomic E-state index is 0. The predicted octanol–water partition coefficient (Wildman–Crippen LogP) is 2.00. The highest BCUT2D eigenvalue weighted by atomic mass is 35.5. The van der Waals surface area contributed by atoms with Crippen molar-refractivity contribution in [2.45, 2.75) is 26.3 Å². The Bertz CT molecular complexity index is 344. The van der Waals surface area contributed by atoms with Crippen LogP contribution in [0.25, 0.3) is 0 Å². The Hall–Kier alpha value is -1.29. The Kier molecular flexibility index (Phi) is 4.55. The summed E-state index contributed by atoms with van der Waals surface area (Å²) < 4.78 is 0. The van der Waals surface area contributed by atoms with Crippen LogP contribution in [0.5, 0.6) is 0 Å². The first-order valence-corrected chi connectivity index (χ1v) is 4.48. The van der Waals surface area contributed by atoms with Crippen LogP contribution in [0, 0.1) is 5.41 Å². The maximum Gasteiger partial charge on any atom is 0.141 e. The number of pyridine rings is 1. The quantitative estimate of drug-likeness (QED) is 0.535. The summed E-state index contributed by atoms with van der Waals surface area (Å²) in [4.78, 5) is 4.20. The Labute approximate surface area is 96.2 Å². The molecule has 0 radical (unpaired) electrons. The van der Waals surface area contributed by atoms with Gasteiger partial charge in [0.15, 0.2) is 0 Å². The molecule has 0 saturated heterocycles. The Balaban J connectivity index is 0.00000196. The second-order valence-electron chi connectivity index (χ2n) is 4.20. The normalized spacial score (nSPS) is 10.3. The summed E-state index contributed by atoms with van der Waals surface area (Å²) in [6.45, 7) is 6.15. The molecule has 15 heavy (non-hydrogen) atoms. The van der Waals surface area contributed by atoms with Crippen LogP contribution in [0.2, 0.25) is 0 Å². The average molecular weight is 229 g/mol. The van der Waals surface area contributed by atoms with Gasteiger partial charge in [0.1, 0.15) is 17.3 Å². The molecule has 84 valence electrons. The van der Waals surface area contributed by atoms with Crippen molar-refractivity contribution in [2.75, 3.05) is 5.32 Å². The zero-order valence-corrected chi connectivity index (χ0v) is 9.98. The van der Waals surface area contributed by atoms with Crippen molar-refractivity contribution in [1.82, 2.24) is 4.98 Å². The van der Waals surface area contributed by atoms with Gasteiger partial charge in [0, 0.05) is 5.54 Å². The van der Waals surface area contributed by atoms with Crippen molar-refractivity contribution in [3.8, 4) is 0 Å². The van der Waals surface area contributed by atoms with Crippen LogP contribution in [0.15, 0.2) is 18.2 Å². The Morgan fingerprint density at radius 1 is 1.40 bits per heavy atom. The summed E-state index contributed by atoms with van der Waals surface area (Å²) in [5.41, 5.74) is 5.80. The molecule has 0 amide bonds. The molecular formula is C10H17ClN4. The predicted molar refractivity (Wildman–Crippen MR) is 65.9 cm³/mol. The smallest absolute Gasteiger partial charge is 0.141 e. The van der Waals surface area contributed by atoms with Crippen LogP contribution in [-0.4, -0.2) is 16.4 Å². The van der Waals surface area contributed by atoms with Gasteiger partial charge >= 0.3 is 0 Å². The highest BCUT2D eigenvalue weighted by molar-refractivity contribution is 5.93. The van der Waals surface area contributed by atoms with Crippen LogP contribution in [0.3, 0.4) is 0 Å². The number of nitrogens with two attached hydrogens (primary N) is 1. The van der Waals surface area contributed by atoms with Gasteiger partial charge < -0.3 is 11.1 Å². The minimum atomic E-state index is -0.0393. The van der Waals surface area contributed by atoms with Crippen molar-refractivity contribution >= 4 is 24.1 Å². The molecule has 5 heteroatoms. The van der Waals surface area contributed by atoms with E-state index in [-0.39, 0.29) is 23.8 Å². The molecule has 4 N–H and O–H groups in total. The first kappa shape index (κ1) is 13.7. The molecule has 0 atom stereocenters. The highest BCUT2D eigenvalue weighted by Gasteiger charge is 2.10. The number of aromatic nitrogens is 1. The largest absolute Gasteiger partial charge is 0.382 e. The van der Waals surface area contributed by atoms with E-state index >= 15 is 0 Å². The maximum absolute atomic E-state index is 7.25. The monoisotopic (exact) mass is 228 g/mol. The molecule has 0 aliphatic heterocycles. The molecular weight excluding hydrogens is 212 g/mol. The number of anilines is 1. The van der Waals surface area contributed by atoms with Crippen molar-refractivity contribution in [3.63, 3.8) is 0 Å². The fraction of sp³-hybridized carbons (Fsp3) is 0.400. The minimum Gasteiger partial charge on any atom is -0.382 e. The molecule has 1 aromatic rings. The highest BCUT2D eigenvalue weighted by Crippen LogP contribution is 2.11. The van der Waals surface area contributed by atoms with E-state index in [0.29, 0.717) is 5.69 Å². The van der Waals surface area contributed by atoms with E-state index in [1.807, 2.05) is 12.1 Å². The molecule has 0 aliphatic rings. The fourth-order valence-electron chi connectivity index (χ4n) is 1.04. The van der Waals surface area contributed by atoms with Crippen LogP contribution in [0.1, 0.15) is 26.5 Å². The molecule has 0 aromatic carbocycles. The fourth-order valence-corrected chi connectivity index (χ4v) is 1.04. The van der Waals surface area contributed by atoms with E-state index in [4.69, 9.17) is 11.1 Å². The molecule has 0 saturated carbocycles. The van der Waals surface area contributed by atoms with E-state index in [9.17, 15) is 0 Å². The lowest BCUT2D eigenvalue weighted by molar-refractivity contribution is 0.630. The molecule has 0 spiro atoms. The summed E-state index contributed by atoms with van der Waals surface area (Å²) >= 11 is 0. The third-order valence-electron chi connectivity index (χ3n) is 1.53. The molecule has 1 rings (SSSR count). The number of hydrogen-bond donors (Lipinski definition) is 3. The summed E-state index contributed by atoms with van der Waals surface area (Å²) in [5.74, 6) is 0.729. The Morgan fingerprint density at radius 2 is 2.00 bits per heavy atom. The van der Waals surface area contributed by atoms with Gasteiger partial charge in [-0.15, -0.1) is 12.4 Å². The van der Waals surface area contributed by atoms with E-state index < -0.39 is 0 Å². The molecule has 0 bridgehead atoms. The zero-order chi connectivity index (χ0) is 10.8. The SMILES string of the molecule is CC(C)(C)Nc1cccc(C(=N)N)n1.Cl. The van der Waals surface area contributed by atoms with Crippen molar-refractivity contribution in [1.29, 1.82) is 5.41 Å². The second-order valence-corrected chi connectivity index (χ2v) is 4.20. The van der Waals surface area contributed by atoms with Gasteiger partial charge in [-0.2, -0.15) is 0 Å². The zero-order valence-electron chi connectivity index (χ0n) is 9.16. The lowest BCUT2D eigenvalue weighted by Crippen LogP contribution is -2.27. The van der Waals surface area contributed by atoms with E-state index in [1.54, 1.807) is 6.07 Å². The number of nitrogens with one attached hydrogen (secondary N) is 2. The van der Waals surface area contributed by atoms with Gasteiger partial charge in [-0.3, -0.25) is 5.41 Å². The number of nitrogens with zero attached hydrogens (tertiary/aromatic N) is 1. The molecule has 4 nitrogen and oxygen atoms in total. The molecule has 0 aliphatic carbocycles. The average Bonchev–Trinajstić information content (AvgIpc) is 2.01. The van der Waals surface area contributed by atoms with Crippen molar-refractivity contribution < 1.29 is 0 Å². The number of nitrogen functional groups attached to an aromatic ring is 1. The van der Waals surface area contributed by atoms with Crippen LogP contribution in [-0.2, 0) is 0 Å². The van der Waals surface area contributed by atoms with Gasteiger partial charge in [-0.1, -0.05) is 6.07 Å². The maximum atomic E-state index is 7.25. The van der Waals surface area contributed by atoms with E-state index in [0.717, 1.165) is 5.82 Å². The third-order valence-corrected chi connectivity index (χ3v) is 1.53. The number of rotatable bonds is 2. The van der Waals surface area contributed by atoms with Crippen LogP contribution >= 0.6 is 12.4 Å². The van der Waals surface area contributed by atoms with Gasteiger partial charge in [0.25, 0.3) is 0 Å². The third kappa shape index (κ3) is 4.65. The van der Waals surface area contributed by atoms with Gasteiger partial charge in [-0.05, 0) is 32.9 Å². The number of hydrogen-bond acceptors (Lipinski definition) is 3. The summed E-state index contributed by atoms with van der Waals surface area (Å²) in [6.07, 6.45) is 0. The molecule has 1 heterocycles. The van der Waals surface area contributed by atoms with Gasteiger partial charge in [0.2, 0.25) is 0 Å². The molecule has 1 aromatic heterocycles. The Morgan fingerprint density at radius 3 is 2.47 bits per heavy atom. The van der Waals surface area contributed by atoms with Gasteiger partial charge in [0.05, 0.1) is 0 Å². The summed E-state index contributed by atoms with van der Waals surface area (Å²) in [7, 11) is 0. The topological polar surface area (TPSA) is 74.8 Å². The number of amidine groups is 1. The van der Waals surface area contributed by atoms with Gasteiger partial charge in [-0.25, -0.2) is 4.98 Å². The first-order chi connectivity index (χ1) is 6.38. The van der Waals surface area contributed by atoms with Crippen LogP contribution in [0.4, 0.5) is 5.82 Å². The lowest BCUT2D eigenvalue weighted by atomic mass is 10.1. The van der Waals surface area contributed by atoms with E-state index in [2.05, 4.69) is 31.1 Å². The van der Waals surface area contributed by atoms with Crippen molar-refractivity contribution in [3.05, 3.63) is 23.9 Å². The van der Waals surface area contributed by atoms with Crippen LogP contribution < -0.4 is 11.1 Å². The molecule has 0 fully saturated rings. The summed E-state index contributed by atoms with van der Waals surface area (Å²) in [6, 6.07) is 5.41. The molecule has 0 unspecified atom stereocenters. The first-order valence-electron chi connectivity index (χ1n) is 4.48. The number of halogens is 1. The van der Waals surface area contributed by atoms with E-state index in [1.165, 1.54) is 0 Å². The second kappa shape index (κ2) is 4.98. The van der Waals surface area contributed by atoms with Crippen molar-refractivity contribution in [2.24, 2.45) is 5.73 Å². The standard InChI is InChI=1S/C10H16N4.ClH/c1-10(2,3)14-8-6-4-5-7(13-8)9(11)12;/h4-6H,1-3H3,(H3,11,12)(H,13,14);1H.